The van der Waals surface area contributed by atoms with Gasteiger partial charge in [0.1, 0.15) is 6.17 Å². The van der Waals surface area contributed by atoms with E-state index in [0.29, 0.717) is 6.17 Å². The van der Waals surface area contributed by atoms with Crippen LogP contribution in [0.15, 0.2) is 12.4 Å². The highest BCUT2D eigenvalue weighted by Gasteiger charge is 2.24. The van der Waals surface area contributed by atoms with Gasteiger partial charge in [0.2, 0.25) is 0 Å². The molecule has 0 aromatic heterocycles. The lowest BCUT2D eigenvalue weighted by Crippen LogP contribution is -2.39. The second-order valence-electron chi connectivity index (χ2n) is 14.6. The molecule has 1 atom stereocenters. The van der Waals surface area contributed by atoms with Gasteiger partial charge < -0.3 is 9.80 Å². The average molecular weight is 617 g/mol. The van der Waals surface area contributed by atoms with Crippen LogP contribution in [0.2, 0.25) is 0 Å². The van der Waals surface area contributed by atoms with Crippen molar-refractivity contribution in [2.45, 2.75) is 245 Å². The van der Waals surface area contributed by atoms with Crippen LogP contribution in [0.3, 0.4) is 0 Å². The number of unbranched alkanes of at least 4 members (excludes halogenated alkanes) is 30. The van der Waals surface area contributed by atoms with Crippen LogP contribution in [0, 0.1) is 0 Å². The van der Waals surface area contributed by atoms with E-state index in [2.05, 4.69) is 43.0 Å². The highest BCUT2D eigenvalue weighted by atomic mass is 15.4. The van der Waals surface area contributed by atoms with E-state index in [1.807, 2.05) is 0 Å². The molecule has 0 fully saturated rings. The van der Waals surface area contributed by atoms with Crippen LogP contribution in [-0.4, -0.2) is 29.1 Å². The lowest BCUT2D eigenvalue weighted by atomic mass is 10.0. The van der Waals surface area contributed by atoms with Crippen LogP contribution < -0.4 is 0 Å². The molecular weight excluding hydrogens is 532 g/mol. The summed E-state index contributed by atoms with van der Waals surface area (Å²) in [5.74, 6) is 0. The molecule has 0 saturated carbocycles. The Morgan fingerprint density at radius 3 is 0.818 bits per heavy atom. The molecule has 1 aliphatic rings. The predicted molar refractivity (Wildman–Crippen MR) is 200 cm³/mol. The Morgan fingerprint density at radius 2 is 0.523 bits per heavy atom. The van der Waals surface area contributed by atoms with Gasteiger partial charge in [0, 0.05) is 25.5 Å². The first-order valence-corrected chi connectivity index (χ1v) is 21.0. The number of nitrogens with zero attached hydrogens (tertiary/aromatic N) is 2. The van der Waals surface area contributed by atoms with Gasteiger partial charge in [-0.15, -0.1) is 0 Å². The van der Waals surface area contributed by atoms with Crippen molar-refractivity contribution in [3.8, 4) is 0 Å². The second kappa shape index (κ2) is 33.7. The van der Waals surface area contributed by atoms with E-state index < -0.39 is 0 Å². The highest BCUT2D eigenvalue weighted by molar-refractivity contribution is 4.97. The van der Waals surface area contributed by atoms with Crippen LogP contribution >= 0.6 is 0 Å². The van der Waals surface area contributed by atoms with Gasteiger partial charge in [-0.3, -0.25) is 0 Å². The maximum absolute atomic E-state index is 2.71. The summed E-state index contributed by atoms with van der Waals surface area (Å²) >= 11 is 0. The van der Waals surface area contributed by atoms with Crippen molar-refractivity contribution in [2.24, 2.45) is 0 Å². The lowest BCUT2D eigenvalue weighted by Gasteiger charge is -2.33. The molecule has 1 heterocycles. The molecule has 1 aliphatic heterocycles. The van der Waals surface area contributed by atoms with Gasteiger partial charge in [-0.2, -0.15) is 0 Å². The molecule has 1 unspecified atom stereocenters. The van der Waals surface area contributed by atoms with Crippen molar-refractivity contribution < 1.29 is 0 Å². The zero-order chi connectivity index (χ0) is 31.6. The fourth-order valence-electron chi connectivity index (χ4n) is 7.25. The maximum atomic E-state index is 2.71. The Labute approximate surface area is 280 Å². The molecule has 0 radical (unpaired) electrons. The zero-order valence-corrected chi connectivity index (χ0v) is 31.1. The molecule has 1 rings (SSSR count). The van der Waals surface area contributed by atoms with Gasteiger partial charge in [-0.25, -0.2) is 0 Å². The third-order valence-electron chi connectivity index (χ3n) is 10.3. The predicted octanol–water partition coefficient (Wildman–Crippen LogP) is 14.7. The van der Waals surface area contributed by atoms with Crippen LogP contribution in [0.1, 0.15) is 239 Å². The van der Waals surface area contributed by atoms with Crippen LogP contribution in [0.25, 0.3) is 0 Å². The molecule has 0 aromatic carbocycles. The number of hydrogen-bond acceptors (Lipinski definition) is 2. The molecule has 0 aliphatic carbocycles. The van der Waals surface area contributed by atoms with E-state index >= 15 is 0 Å². The third kappa shape index (κ3) is 25.5. The van der Waals surface area contributed by atoms with Crippen LogP contribution in [0.4, 0.5) is 0 Å². The van der Waals surface area contributed by atoms with Gasteiger partial charge in [-0.05, 0) is 25.7 Å². The fraction of sp³-hybridized carbons (Fsp3) is 0.952. The number of hydrogen-bond donors (Lipinski definition) is 0. The minimum atomic E-state index is 0.639. The van der Waals surface area contributed by atoms with Crippen molar-refractivity contribution in [2.75, 3.05) is 13.1 Å². The van der Waals surface area contributed by atoms with E-state index in [1.54, 1.807) is 0 Å². The first-order chi connectivity index (χ1) is 21.8. The minimum absolute atomic E-state index is 0.639. The van der Waals surface area contributed by atoms with Crippen molar-refractivity contribution in [3.63, 3.8) is 0 Å². The number of rotatable bonds is 36. The van der Waals surface area contributed by atoms with Gasteiger partial charge >= 0.3 is 0 Å². The molecule has 2 heteroatoms. The third-order valence-corrected chi connectivity index (χ3v) is 10.3. The second-order valence-corrected chi connectivity index (χ2v) is 14.6. The Hall–Kier alpha value is -0.660. The lowest BCUT2D eigenvalue weighted by molar-refractivity contribution is 0.135. The van der Waals surface area contributed by atoms with Gasteiger partial charge in [0.25, 0.3) is 0 Å². The summed E-state index contributed by atoms with van der Waals surface area (Å²) in [7, 11) is 0. The van der Waals surface area contributed by atoms with E-state index in [4.69, 9.17) is 0 Å². The first-order valence-electron chi connectivity index (χ1n) is 21.0. The van der Waals surface area contributed by atoms with Crippen LogP contribution in [-0.2, 0) is 0 Å². The molecule has 0 spiro atoms. The van der Waals surface area contributed by atoms with Gasteiger partial charge in [-0.1, -0.05) is 213 Å². The van der Waals surface area contributed by atoms with Crippen molar-refractivity contribution in [1.29, 1.82) is 0 Å². The zero-order valence-electron chi connectivity index (χ0n) is 31.1. The molecule has 0 aromatic rings. The van der Waals surface area contributed by atoms with Crippen molar-refractivity contribution in [3.05, 3.63) is 12.4 Å². The maximum Gasteiger partial charge on any atom is 0.101 e. The summed E-state index contributed by atoms with van der Waals surface area (Å²) in [5, 5.41) is 0. The molecular formula is C42H84N2. The van der Waals surface area contributed by atoms with Crippen LogP contribution in [0.5, 0.6) is 0 Å². The monoisotopic (exact) mass is 617 g/mol. The summed E-state index contributed by atoms with van der Waals surface area (Å²) in [6, 6.07) is 0. The normalized spacial score (nSPS) is 14.8. The van der Waals surface area contributed by atoms with Gasteiger partial charge in [0.05, 0.1) is 0 Å². The summed E-state index contributed by atoms with van der Waals surface area (Å²) in [6.07, 6.45) is 54.4. The van der Waals surface area contributed by atoms with E-state index in [1.165, 1.54) is 231 Å². The smallest absolute Gasteiger partial charge is 0.101 e. The average Bonchev–Trinajstić information content (AvgIpc) is 3.42. The molecule has 0 bridgehead atoms. The SMILES string of the molecule is CCCCCCCCCCCCCCCCCC1N(CCCCCC)C=CN1CCCCCCCCCCCCCCCC. The van der Waals surface area contributed by atoms with Gasteiger partial charge in [0.15, 0.2) is 0 Å². The largest absolute Gasteiger partial charge is 0.356 e. The van der Waals surface area contributed by atoms with E-state index in [9.17, 15) is 0 Å². The van der Waals surface area contributed by atoms with E-state index in [0.717, 1.165) is 0 Å². The Bertz CT molecular complexity index is 572. The Morgan fingerprint density at radius 1 is 0.295 bits per heavy atom. The van der Waals surface area contributed by atoms with Crippen molar-refractivity contribution in [1.82, 2.24) is 9.80 Å². The Balaban J connectivity index is 2.09. The van der Waals surface area contributed by atoms with E-state index in [-0.39, 0.29) is 0 Å². The van der Waals surface area contributed by atoms with Crippen molar-refractivity contribution >= 4 is 0 Å². The molecule has 0 N–H and O–H groups in total. The molecule has 0 saturated heterocycles. The summed E-state index contributed by atoms with van der Waals surface area (Å²) in [4.78, 5) is 5.41. The minimum Gasteiger partial charge on any atom is -0.356 e. The quantitative estimate of drug-likeness (QED) is 0.0646. The highest BCUT2D eigenvalue weighted by Crippen LogP contribution is 2.24. The summed E-state index contributed by atoms with van der Waals surface area (Å²) in [6.45, 7) is 9.48. The summed E-state index contributed by atoms with van der Waals surface area (Å²) in [5.41, 5.74) is 0. The molecule has 0 amide bonds. The summed E-state index contributed by atoms with van der Waals surface area (Å²) < 4.78 is 0. The molecule has 2 nitrogen and oxygen atoms in total. The Kier molecular flexibility index (Phi) is 31.7. The fourth-order valence-corrected chi connectivity index (χ4v) is 7.25. The standard InChI is InChI=1S/C42H84N2/c1-4-7-10-13-15-17-19-21-23-24-26-28-30-32-34-37-42-43(38-35-12-9-6-3)40-41-44(42)39-36-33-31-29-27-25-22-20-18-16-14-11-8-5-2/h40-42H,4-39H2,1-3H3. The molecule has 44 heavy (non-hydrogen) atoms. The molecule has 262 valence electrons. The first kappa shape index (κ1) is 41.4. The topological polar surface area (TPSA) is 6.48 Å².